The van der Waals surface area contributed by atoms with Crippen LogP contribution in [0.15, 0.2) is 48.0 Å². The van der Waals surface area contributed by atoms with Gasteiger partial charge in [-0.15, -0.1) is 0 Å². The predicted octanol–water partition coefficient (Wildman–Crippen LogP) is 2.56. The fourth-order valence-electron chi connectivity index (χ4n) is 3.92. The van der Waals surface area contributed by atoms with Crippen molar-refractivity contribution in [2.45, 2.75) is 12.5 Å². The first kappa shape index (κ1) is 24.8. The number of likely N-dealkylation sites (tertiary alicyclic amines) is 1. The molecule has 0 radical (unpaired) electrons. The summed E-state index contributed by atoms with van der Waals surface area (Å²) >= 11 is 0. The number of aliphatic hydroxyl groups is 1. The number of methoxy groups -OCH3 is 2. The molecule has 0 aromatic heterocycles. The maximum Gasteiger partial charge on any atom is 0.337 e. The Labute approximate surface area is 197 Å². The van der Waals surface area contributed by atoms with Gasteiger partial charge in [0.05, 0.1) is 37.0 Å². The molecule has 1 saturated heterocycles. The van der Waals surface area contributed by atoms with Gasteiger partial charge in [0.1, 0.15) is 17.3 Å². The third-order valence-electron chi connectivity index (χ3n) is 5.65. The number of aliphatic hydroxyl groups excluding tert-OH is 1. The summed E-state index contributed by atoms with van der Waals surface area (Å²) in [7, 11) is 6.52. The number of benzene rings is 2. The highest BCUT2D eigenvalue weighted by Gasteiger charge is 2.46. The summed E-state index contributed by atoms with van der Waals surface area (Å²) in [5.74, 6) is -2.52. The Kier molecular flexibility index (Phi) is 7.57. The summed E-state index contributed by atoms with van der Waals surface area (Å²) in [6, 6.07) is 9.66. The third-order valence-corrected chi connectivity index (χ3v) is 5.65. The zero-order valence-electron chi connectivity index (χ0n) is 19.6. The van der Waals surface area contributed by atoms with E-state index in [0.717, 1.165) is 0 Å². The topological polar surface area (TPSA) is 117 Å². The van der Waals surface area contributed by atoms with Crippen molar-refractivity contribution in [3.63, 3.8) is 0 Å². The Bertz CT molecular complexity index is 1120. The van der Waals surface area contributed by atoms with Crippen LogP contribution >= 0.6 is 0 Å². The minimum Gasteiger partial charge on any atom is -0.507 e. The van der Waals surface area contributed by atoms with Crippen molar-refractivity contribution in [1.29, 1.82) is 0 Å². The summed E-state index contributed by atoms with van der Waals surface area (Å²) in [6.07, 6.45) is 0.602. The SMILES string of the molecule is COC(=O)c1ccc(C2/C(=C(\O)c3ccc(OC)cc3O)C(=O)C(=O)N2CCCN(C)C)cc1. The summed E-state index contributed by atoms with van der Waals surface area (Å²) in [6.45, 7) is 0.966. The second kappa shape index (κ2) is 10.4. The second-order valence-electron chi connectivity index (χ2n) is 8.15. The minimum absolute atomic E-state index is 0.00303. The number of phenolic OH excluding ortho intramolecular Hbond substituents is 1. The number of ketones is 1. The zero-order chi connectivity index (χ0) is 25.0. The number of Topliss-reactive ketones (excluding diaryl/α,β-unsaturated/α-hetero) is 1. The van der Waals surface area contributed by atoms with Crippen LogP contribution in [0.5, 0.6) is 11.5 Å². The van der Waals surface area contributed by atoms with Crippen LogP contribution < -0.4 is 4.74 Å². The zero-order valence-corrected chi connectivity index (χ0v) is 19.6. The molecule has 1 aliphatic rings. The monoisotopic (exact) mass is 468 g/mol. The van der Waals surface area contributed by atoms with Gasteiger partial charge < -0.3 is 29.5 Å². The molecule has 2 aromatic rings. The van der Waals surface area contributed by atoms with Gasteiger partial charge in [-0.3, -0.25) is 9.59 Å². The summed E-state index contributed by atoms with van der Waals surface area (Å²) < 4.78 is 9.81. The van der Waals surface area contributed by atoms with E-state index < -0.39 is 29.5 Å². The molecular formula is C25H28N2O7. The van der Waals surface area contributed by atoms with Gasteiger partial charge in [0.25, 0.3) is 11.7 Å². The van der Waals surface area contributed by atoms with Crippen LogP contribution in [-0.2, 0) is 14.3 Å². The highest BCUT2D eigenvalue weighted by Crippen LogP contribution is 2.41. The maximum absolute atomic E-state index is 13.1. The van der Waals surface area contributed by atoms with Crippen LogP contribution in [0, 0.1) is 0 Å². The fraction of sp³-hybridized carbons (Fsp3) is 0.320. The number of ether oxygens (including phenoxy) is 2. The number of rotatable bonds is 8. The highest BCUT2D eigenvalue weighted by atomic mass is 16.5. The molecule has 0 bridgehead atoms. The number of hydrogen-bond acceptors (Lipinski definition) is 8. The normalized spacial score (nSPS) is 17.3. The largest absolute Gasteiger partial charge is 0.507 e. The van der Waals surface area contributed by atoms with Gasteiger partial charge in [-0.05, 0) is 56.9 Å². The average Bonchev–Trinajstić information content (AvgIpc) is 3.08. The van der Waals surface area contributed by atoms with Crippen molar-refractivity contribution in [3.8, 4) is 11.5 Å². The lowest BCUT2D eigenvalue weighted by atomic mass is 9.94. The number of carbonyl (C=O) groups excluding carboxylic acids is 3. The van der Waals surface area contributed by atoms with Crippen LogP contribution in [0.4, 0.5) is 0 Å². The lowest BCUT2D eigenvalue weighted by Gasteiger charge is -2.26. The Morgan fingerprint density at radius 2 is 1.76 bits per heavy atom. The first-order valence-corrected chi connectivity index (χ1v) is 10.7. The Morgan fingerprint density at radius 3 is 2.32 bits per heavy atom. The molecule has 9 heteroatoms. The van der Waals surface area contributed by atoms with Crippen LogP contribution in [0.3, 0.4) is 0 Å². The van der Waals surface area contributed by atoms with Crippen molar-refractivity contribution in [2.24, 2.45) is 0 Å². The van der Waals surface area contributed by atoms with E-state index in [1.54, 1.807) is 12.1 Å². The molecule has 180 valence electrons. The van der Waals surface area contributed by atoms with Gasteiger partial charge >= 0.3 is 5.97 Å². The lowest BCUT2D eigenvalue weighted by Crippen LogP contribution is -2.32. The van der Waals surface area contributed by atoms with Crippen molar-refractivity contribution < 1.29 is 34.1 Å². The predicted molar refractivity (Wildman–Crippen MR) is 125 cm³/mol. The molecule has 1 amide bonds. The Hall–Kier alpha value is -3.85. The molecule has 2 N–H and O–H groups in total. The molecule has 0 spiro atoms. The maximum atomic E-state index is 13.1. The number of hydrogen-bond donors (Lipinski definition) is 2. The first-order chi connectivity index (χ1) is 16.2. The van der Waals surface area contributed by atoms with Crippen LogP contribution in [0.2, 0.25) is 0 Å². The molecule has 0 aliphatic carbocycles. The number of carbonyl (C=O) groups is 3. The number of amides is 1. The van der Waals surface area contributed by atoms with Crippen molar-refractivity contribution in [2.75, 3.05) is 41.4 Å². The standard InChI is InChI=1S/C25H28N2O7/c1-26(2)12-5-13-27-21(15-6-8-16(9-7-15)25(32)34-4)20(23(30)24(27)31)22(29)18-11-10-17(33-3)14-19(18)28/h6-11,14,21,28-29H,5,12-13H2,1-4H3/b22-20+. The summed E-state index contributed by atoms with van der Waals surface area (Å²) in [4.78, 5) is 41.3. The minimum atomic E-state index is -0.893. The van der Waals surface area contributed by atoms with Gasteiger partial charge in [-0.25, -0.2) is 4.79 Å². The number of esters is 1. The average molecular weight is 469 g/mol. The molecule has 1 fully saturated rings. The molecular weight excluding hydrogens is 440 g/mol. The number of phenols is 1. The Morgan fingerprint density at radius 1 is 1.09 bits per heavy atom. The van der Waals surface area contributed by atoms with Gasteiger partial charge in [0.2, 0.25) is 0 Å². The van der Waals surface area contributed by atoms with E-state index in [-0.39, 0.29) is 23.4 Å². The van der Waals surface area contributed by atoms with Gasteiger partial charge in [-0.1, -0.05) is 12.1 Å². The van der Waals surface area contributed by atoms with Gasteiger partial charge in [-0.2, -0.15) is 0 Å². The molecule has 0 saturated carbocycles. The molecule has 2 aromatic carbocycles. The smallest absolute Gasteiger partial charge is 0.337 e. The van der Waals surface area contributed by atoms with Crippen LogP contribution in [-0.4, -0.2) is 79.1 Å². The van der Waals surface area contributed by atoms with E-state index in [1.807, 2.05) is 19.0 Å². The molecule has 1 aliphatic heterocycles. The second-order valence-corrected chi connectivity index (χ2v) is 8.15. The summed E-state index contributed by atoms with van der Waals surface area (Å²) in [5.41, 5.74) is 0.708. The molecule has 1 atom stereocenters. The molecule has 1 heterocycles. The third kappa shape index (κ3) is 4.89. The number of aromatic hydroxyl groups is 1. The number of nitrogens with zero attached hydrogens (tertiary/aromatic N) is 2. The highest BCUT2D eigenvalue weighted by molar-refractivity contribution is 6.46. The van der Waals surface area contributed by atoms with E-state index in [0.29, 0.717) is 29.8 Å². The van der Waals surface area contributed by atoms with Gasteiger partial charge in [0, 0.05) is 12.6 Å². The van der Waals surface area contributed by atoms with E-state index in [9.17, 15) is 24.6 Å². The van der Waals surface area contributed by atoms with Crippen LogP contribution in [0.25, 0.3) is 5.76 Å². The van der Waals surface area contributed by atoms with Crippen LogP contribution in [0.1, 0.15) is 33.9 Å². The molecule has 9 nitrogen and oxygen atoms in total. The fourth-order valence-corrected chi connectivity index (χ4v) is 3.92. The van der Waals surface area contributed by atoms with Crippen molar-refractivity contribution >= 4 is 23.4 Å². The van der Waals surface area contributed by atoms with E-state index in [2.05, 4.69) is 0 Å². The van der Waals surface area contributed by atoms with Crippen molar-refractivity contribution in [1.82, 2.24) is 9.80 Å². The Balaban J connectivity index is 2.12. The summed E-state index contributed by atoms with van der Waals surface area (Å²) in [5, 5.41) is 21.5. The quantitative estimate of drug-likeness (QED) is 0.263. The van der Waals surface area contributed by atoms with E-state index in [4.69, 9.17) is 9.47 Å². The molecule has 1 unspecified atom stereocenters. The van der Waals surface area contributed by atoms with E-state index in [1.165, 1.54) is 49.5 Å². The molecule has 34 heavy (non-hydrogen) atoms. The van der Waals surface area contributed by atoms with Gasteiger partial charge in [0.15, 0.2) is 0 Å². The van der Waals surface area contributed by atoms with Crippen molar-refractivity contribution in [3.05, 3.63) is 64.7 Å². The molecule has 3 rings (SSSR count). The lowest BCUT2D eigenvalue weighted by molar-refractivity contribution is -0.139. The first-order valence-electron chi connectivity index (χ1n) is 10.7. The van der Waals surface area contributed by atoms with E-state index >= 15 is 0 Å².